The Morgan fingerprint density at radius 1 is 1.53 bits per heavy atom. The number of phenolic OH excluding ortho intramolecular Hbond substituents is 1. The highest BCUT2D eigenvalue weighted by molar-refractivity contribution is 7.99. The third-order valence-corrected chi connectivity index (χ3v) is 2.76. The second-order valence-electron chi connectivity index (χ2n) is 3.34. The van der Waals surface area contributed by atoms with Gasteiger partial charge in [0.15, 0.2) is 0 Å². The summed E-state index contributed by atoms with van der Waals surface area (Å²) in [6.45, 7) is 0. The number of hydrazone groups is 1. The molecule has 0 unspecified atom stereocenters. The van der Waals surface area contributed by atoms with Crippen molar-refractivity contribution in [2.45, 2.75) is 5.16 Å². The van der Waals surface area contributed by atoms with E-state index in [1.54, 1.807) is 24.3 Å². The zero-order chi connectivity index (χ0) is 13.5. The van der Waals surface area contributed by atoms with E-state index in [9.17, 15) is 5.11 Å². The minimum Gasteiger partial charge on any atom is -0.507 e. The number of nitrogens with zero attached hydrogens (tertiary/aromatic N) is 4. The van der Waals surface area contributed by atoms with E-state index in [2.05, 4.69) is 25.7 Å². The standard InChI is InChI=1S/C11H10N6OS/c12-5-6-19-11-14-10(16-17-11)15-13-7-8-3-1-2-4-9(8)18/h1-4,7,18H,6H2,(H2,14,15,16,17). The molecule has 0 atom stereocenters. The first-order valence-electron chi connectivity index (χ1n) is 5.29. The molecular weight excluding hydrogens is 264 g/mol. The lowest BCUT2D eigenvalue weighted by Gasteiger charge is -1.96. The van der Waals surface area contributed by atoms with Gasteiger partial charge in [-0.25, -0.2) is 10.5 Å². The summed E-state index contributed by atoms with van der Waals surface area (Å²) in [7, 11) is 0. The summed E-state index contributed by atoms with van der Waals surface area (Å²) >= 11 is 1.23. The van der Waals surface area contributed by atoms with E-state index >= 15 is 0 Å². The van der Waals surface area contributed by atoms with Crippen LogP contribution in [0.4, 0.5) is 5.95 Å². The predicted octanol–water partition coefficient (Wildman–Crippen LogP) is 1.57. The molecule has 0 spiro atoms. The van der Waals surface area contributed by atoms with Gasteiger partial charge in [-0.2, -0.15) is 15.3 Å². The number of phenols is 1. The molecule has 1 heterocycles. The third kappa shape index (κ3) is 3.72. The van der Waals surface area contributed by atoms with E-state index in [4.69, 9.17) is 5.26 Å². The fourth-order valence-electron chi connectivity index (χ4n) is 1.22. The summed E-state index contributed by atoms with van der Waals surface area (Å²) in [6.07, 6.45) is 1.47. The summed E-state index contributed by atoms with van der Waals surface area (Å²) < 4.78 is 0. The van der Waals surface area contributed by atoms with Crippen LogP contribution >= 0.6 is 11.8 Å². The number of benzene rings is 1. The molecule has 1 aromatic heterocycles. The maximum atomic E-state index is 9.52. The van der Waals surface area contributed by atoms with Gasteiger partial charge in [-0.05, 0) is 12.1 Å². The first-order chi connectivity index (χ1) is 9.29. The molecule has 0 saturated heterocycles. The van der Waals surface area contributed by atoms with Crippen LogP contribution in [0.25, 0.3) is 0 Å². The van der Waals surface area contributed by atoms with Crippen molar-refractivity contribution in [1.82, 2.24) is 15.2 Å². The average Bonchev–Trinajstić information content (AvgIpc) is 2.86. The van der Waals surface area contributed by atoms with Crippen molar-refractivity contribution >= 4 is 23.9 Å². The molecule has 0 bridgehead atoms. The molecule has 8 heteroatoms. The molecule has 0 aliphatic heterocycles. The number of thioether (sulfide) groups is 1. The second kappa shape index (κ2) is 6.42. The van der Waals surface area contributed by atoms with E-state index in [0.29, 0.717) is 22.4 Å². The zero-order valence-electron chi connectivity index (χ0n) is 9.74. The number of rotatable bonds is 5. The molecule has 7 nitrogen and oxygen atoms in total. The maximum Gasteiger partial charge on any atom is 0.240 e. The first-order valence-corrected chi connectivity index (χ1v) is 6.27. The Kier molecular flexibility index (Phi) is 4.36. The van der Waals surface area contributed by atoms with Crippen molar-refractivity contribution in [3.8, 4) is 11.8 Å². The Balaban J connectivity index is 1.94. The second-order valence-corrected chi connectivity index (χ2v) is 4.28. The lowest BCUT2D eigenvalue weighted by atomic mass is 10.2. The van der Waals surface area contributed by atoms with Gasteiger partial charge in [0.2, 0.25) is 11.1 Å². The normalized spacial score (nSPS) is 10.5. The number of hydrogen-bond acceptors (Lipinski definition) is 7. The number of para-hydroxylation sites is 1. The number of H-pyrrole nitrogens is 1. The topological polar surface area (TPSA) is 110 Å². The van der Waals surface area contributed by atoms with Crippen molar-refractivity contribution in [2.75, 3.05) is 11.2 Å². The third-order valence-electron chi connectivity index (χ3n) is 2.04. The first kappa shape index (κ1) is 12.9. The highest BCUT2D eigenvalue weighted by Crippen LogP contribution is 2.14. The number of anilines is 1. The molecule has 0 radical (unpaired) electrons. The number of aromatic hydroxyl groups is 1. The van der Waals surface area contributed by atoms with Crippen molar-refractivity contribution in [1.29, 1.82) is 5.26 Å². The highest BCUT2D eigenvalue weighted by atomic mass is 32.2. The number of nitrogens with one attached hydrogen (secondary N) is 2. The Labute approximate surface area is 113 Å². The van der Waals surface area contributed by atoms with E-state index in [0.717, 1.165) is 0 Å². The van der Waals surface area contributed by atoms with Crippen LogP contribution in [0.1, 0.15) is 5.56 Å². The molecule has 1 aromatic carbocycles. The van der Waals surface area contributed by atoms with Gasteiger partial charge < -0.3 is 5.11 Å². The van der Waals surface area contributed by atoms with Gasteiger partial charge in [0.1, 0.15) is 5.75 Å². The monoisotopic (exact) mass is 274 g/mol. The summed E-state index contributed by atoms with van der Waals surface area (Å²) in [5.41, 5.74) is 3.24. The number of nitriles is 1. The molecule has 19 heavy (non-hydrogen) atoms. The van der Waals surface area contributed by atoms with Crippen LogP contribution in [0.5, 0.6) is 5.75 Å². The van der Waals surface area contributed by atoms with Crippen LogP contribution in [0, 0.1) is 11.3 Å². The minimum absolute atomic E-state index is 0.149. The van der Waals surface area contributed by atoms with Crippen LogP contribution in [0.2, 0.25) is 0 Å². The highest BCUT2D eigenvalue weighted by Gasteiger charge is 2.02. The van der Waals surface area contributed by atoms with Crippen molar-refractivity contribution in [2.24, 2.45) is 5.10 Å². The molecule has 2 aromatic rings. The lowest BCUT2D eigenvalue weighted by Crippen LogP contribution is -1.92. The fraction of sp³-hybridized carbons (Fsp3) is 0.0909. The molecule has 0 amide bonds. The van der Waals surface area contributed by atoms with Crippen molar-refractivity contribution < 1.29 is 5.11 Å². The van der Waals surface area contributed by atoms with Crippen LogP contribution in [0.15, 0.2) is 34.5 Å². The lowest BCUT2D eigenvalue weighted by molar-refractivity contribution is 0.474. The Morgan fingerprint density at radius 3 is 3.16 bits per heavy atom. The molecule has 96 valence electrons. The smallest absolute Gasteiger partial charge is 0.240 e. The maximum absolute atomic E-state index is 9.52. The summed E-state index contributed by atoms with van der Waals surface area (Å²) in [4.78, 5) is 4.06. The van der Waals surface area contributed by atoms with Crippen LogP contribution in [-0.2, 0) is 0 Å². The molecule has 0 aliphatic carbocycles. The quantitative estimate of drug-likeness (QED) is 0.433. The van der Waals surface area contributed by atoms with Gasteiger partial charge >= 0.3 is 0 Å². The van der Waals surface area contributed by atoms with Crippen molar-refractivity contribution in [3.05, 3.63) is 29.8 Å². The Hall–Kier alpha value is -2.53. The predicted molar refractivity (Wildman–Crippen MR) is 72.0 cm³/mol. The van der Waals surface area contributed by atoms with Gasteiger partial charge in [0.25, 0.3) is 0 Å². The van der Waals surface area contributed by atoms with E-state index in [1.807, 2.05) is 6.07 Å². The van der Waals surface area contributed by atoms with Crippen LogP contribution < -0.4 is 5.43 Å². The van der Waals surface area contributed by atoms with Crippen LogP contribution in [-0.4, -0.2) is 32.3 Å². The average molecular weight is 274 g/mol. The van der Waals surface area contributed by atoms with Gasteiger partial charge in [-0.15, -0.1) is 5.10 Å². The van der Waals surface area contributed by atoms with Gasteiger partial charge in [-0.1, -0.05) is 23.9 Å². The Bertz CT molecular complexity index is 618. The zero-order valence-corrected chi connectivity index (χ0v) is 10.6. The molecule has 0 saturated carbocycles. The Morgan fingerprint density at radius 2 is 2.37 bits per heavy atom. The SMILES string of the molecule is N#CCSc1n[nH]c(NN=Cc2ccccc2O)n1. The molecular formula is C11H10N6OS. The number of hydrogen-bond donors (Lipinski definition) is 3. The summed E-state index contributed by atoms with van der Waals surface area (Å²) in [5.74, 6) is 0.807. The molecule has 0 fully saturated rings. The van der Waals surface area contributed by atoms with Gasteiger partial charge in [-0.3, -0.25) is 0 Å². The molecule has 0 aliphatic rings. The van der Waals surface area contributed by atoms with Crippen molar-refractivity contribution in [3.63, 3.8) is 0 Å². The number of aromatic nitrogens is 3. The van der Waals surface area contributed by atoms with E-state index in [1.165, 1.54) is 18.0 Å². The molecule has 2 rings (SSSR count). The largest absolute Gasteiger partial charge is 0.507 e. The van der Waals surface area contributed by atoms with Gasteiger partial charge in [0.05, 0.1) is 18.0 Å². The number of aromatic amines is 1. The fourth-order valence-corrected chi connectivity index (χ4v) is 1.68. The van der Waals surface area contributed by atoms with E-state index in [-0.39, 0.29) is 5.75 Å². The summed E-state index contributed by atoms with van der Waals surface area (Å²) in [6, 6.07) is 8.82. The minimum atomic E-state index is 0.149. The van der Waals surface area contributed by atoms with Crippen LogP contribution in [0.3, 0.4) is 0 Å². The van der Waals surface area contributed by atoms with Gasteiger partial charge in [0, 0.05) is 5.56 Å². The summed E-state index contributed by atoms with van der Waals surface area (Å²) in [5, 5.41) is 28.9. The molecule has 3 N–H and O–H groups in total. The van der Waals surface area contributed by atoms with E-state index < -0.39 is 0 Å².